The molecule has 112 valence electrons. The summed E-state index contributed by atoms with van der Waals surface area (Å²) in [4.78, 5) is 0.0943. The van der Waals surface area contributed by atoms with E-state index in [4.69, 9.17) is 16.3 Å². The third kappa shape index (κ3) is 3.25. The maximum atomic E-state index is 12.4. The van der Waals surface area contributed by atoms with Crippen LogP contribution in [0.5, 0.6) is 5.75 Å². The predicted octanol–water partition coefficient (Wildman–Crippen LogP) is 1.75. The van der Waals surface area contributed by atoms with Crippen LogP contribution in [0, 0.1) is 5.92 Å². The second kappa shape index (κ2) is 5.89. The molecule has 2 N–H and O–H groups in total. The second-order valence-corrected chi connectivity index (χ2v) is 7.19. The second-order valence-electron chi connectivity index (χ2n) is 5.07. The fourth-order valence-electron chi connectivity index (χ4n) is 2.12. The molecule has 1 aromatic carbocycles. The highest BCUT2D eigenvalue weighted by Gasteiger charge is 2.37. The van der Waals surface area contributed by atoms with Crippen molar-refractivity contribution in [2.45, 2.75) is 30.8 Å². The van der Waals surface area contributed by atoms with Gasteiger partial charge in [-0.3, -0.25) is 0 Å². The number of ether oxygens (including phenoxy) is 1. The molecule has 5 nitrogen and oxygen atoms in total. The molecule has 1 saturated carbocycles. The van der Waals surface area contributed by atoms with Crippen molar-refractivity contribution < 1.29 is 13.2 Å². The highest BCUT2D eigenvalue weighted by Crippen LogP contribution is 2.35. The zero-order valence-corrected chi connectivity index (χ0v) is 13.3. The molecule has 0 amide bonds. The number of benzene rings is 1. The molecule has 7 heteroatoms. The first kappa shape index (κ1) is 15.6. The minimum Gasteiger partial charge on any atom is -0.495 e. The molecule has 1 aromatic rings. The van der Waals surface area contributed by atoms with E-state index in [2.05, 4.69) is 10.0 Å². The van der Waals surface area contributed by atoms with Crippen LogP contribution in [-0.2, 0) is 16.6 Å². The van der Waals surface area contributed by atoms with E-state index in [0.29, 0.717) is 28.8 Å². The average molecular weight is 319 g/mol. The molecule has 1 aliphatic carbocycles. The summed E-state index contributed by atoms with van der Waals surface area (Å²) in [6, 6.07) is 3.14. The molecule has 0 radical (unpaired) electrons. The fourth-order valence-corrected chi connectivity index (χ4v) is 4.02. The van der Waals surface area contributed by atoms with Crippen LogP contribution < -0.4 is 14.8 Å². The third-order valence-electron chi connectivity index (χ3n) is 3.37. The van der Waals surface area contributed by atoms with Gasteiger partial charge in [0.2, 0.25) is 10.0 Å². The van der Waals surface area contributed by atoms with Crippen LogP contribution in [-0.4, -0.2) is 28.6 Å². The smallest absolute Gasteiger partial charge is 0.244 e. The third-order valence-corrected chi connectivity index (χ3v) is 5.09. The Morgan fingerprint density at radius 3 is 2.60 bits per heavy atom. The molecule has 1 fully saturated rings. The number of halogens is 1. The summed E-state index contributed by atoms with van der Waals surface area (Å²) in [7, 11) is -0.387. The highest BCUT2D eigenvalue weighted by atomic mass is 35.5. The SMILES string of the molecule is CNCc1cc(Cl)cc(S(=O)(=O)NC2CC2C)c1OC. The van der Waals surface area contributed by atoms with Gasteiger partial charge >= 0.3 is 0 Å². The van der Waals surface area contributed by atoms with E-state index in [9.17, 15) is 8.42 Å². The van der Waals surface area contributed by atoms with Gasteiger partial charge in [0.1, 0.15) is 10.6 Å². The van der Waals surface area contributed by atoms with E-state index < -0.39 is 10.0 Å². The summed E-state index contributed by atoms with van der Waals surface area (Å²) in [5.41, 5.74) is 0.715. The van der Waals surface area contributed by atoms with Crippen molar-refractivity contribution in [2.75, 3.05) is 14.2 Å². The van der Waals surface area contributed by atoms with Crippen LogP contribution in [0.1, 0.15) is 18.9 Å². The molecule has 0 spiro atoms. The number of hydrogen-bond donors (Lipinski definition) is 2. The monoisotopic (exact) mass is 318 g/mol. The van der Waals surface area contributed by atoms with Crippen molar-refractivity contribution >= 4 is 21.6 Å². The van der Waals surface area contributed by atoms with E-state index in [0.717, 1.165) is 6.42 Å². The van der Waals surface area contributed by atoms with Gasteiger partial charge in [0.15, 0.2) is 0 Å². The van der Waals surface area contributed by atoms with E-state index >= 15 is 0 Å². The summed E-state index contributed by atoms with van der Waals surface area (Å²) in [5.74, 6) is 0.719. The fraction of sp³-hybridized carbons (Fsp3) is 0.538. The maximum Gasteiger partial charge on any atom is 0.244 e. The predicted molar refractivity (Wildman–Crippen MR) is 78.7 cm³/mol. The molecule has 0 bridgehead atoms. The van der Waals surface area contributed by atoms with Gasteiger partial charge < -0.3 is 10.1 Å². The molecule has 0 aromatic heterocycles. The van der Waals surface area contributed by atoms with E-state index in [1.54, 1.807) is 13.1 Å². The minimum absolute atomic E-state index is 0.0106. The Labute approximate surface area is 124 Å². The zero-order chi connectivity index (χ0) is 14.9. The Bertz CT molecular complexity index is 604. The van der Waals surface area contributed by atoms with Gasteiger partial charge in [0, 0.05) is 23.2 Å². The van der Waals surface area contributed by atoms with Crippen LogP contribution in [0.3, 0.4) is 0 Å². The summed E-state index contributed by atoms with van der Waals surface area (Å²) in [6.07, 6.45) is 0.867. The first-order valence-electron chi connectivity index (χ1n) is 6.42. The molecular weight excluding hydrogens is 300 g/mol. The van der Waals surface area contributed by atoms with Crippen molar-refractivity contribution in [3.63, 3.8) is 0 Å². The molecule has 2 rings (SSSR count). The molecule has 1 aliphatic rings. The normalized spacial score (nSPS) is 21.8. The van der Waals surface area contributed by atoms with Gasteiger partial charge in [-0.05, 0) is 31.5 Å². The first-order chi connectivity index (χ1) is 9.39. The largest absolute Gasteiger partial charge is 0.495 e. The lowest BCUT2D eigenvalue weighted by atomic mass is 10.2. The summed E-state index contributed by atoms with van der Waals surface area (Å²) in [6.45, 7) is 2.49. The molecule has 2 unspecified atom stereocenters. The molecule has 20 heavy (non-hydrogen) atoms. The van der Waals surface area contributed by atoms with Crippen LogP contribution in [0.25, 0.3) is 0 Å². The van der Waals surface area contributed by atoms with Gasteiger partial charge in [-0.25, -0.2) is 13.1 Å². The Morgan fingerprint density at radius 1 is 1.45 bits per heavy atom. The number of hydrogen-bond acceptors (Lipinski definition) is 4. The van der Waals surface area contributed by atoms with Crippen molar-refractivity contribution in [1.82, 2.24) is 10.0 Å². The lowest BCUT2D eigenvalue weighted by Crippen LogP contribution is -2.27. The van der Waals surface area contributed by atoms with Crippen molar-refractivity contribution in [2.24, 2.45) is 5.92 Å². The van der Waals surface area contributed by atoms with Gasteiger partial charge in [0.05, 0.1) is 7.11 Å². The quantitative estimate of drug-likeness (QED) is 0.838. The molecule has 2 atom stereocenters. The Morgan fingerprint density at radius 2 is 2.10 bits per heavy atom. The zero-order valence-electron chi connectivity index (χ0n) is 11.7. The summed E-state index contributed by atoms with van der Waals surface area (Å²) < 4.78 is 32.9. The maximum absolute atomic E-state index is 12.4. The molecule has 0 saturated heterocycles. The van der Waals surface area contributed by atoms with Crippen molar-refractivity contribution in [1.29, 1.82) is 0 Å². The van der Waals surface area contributed by atoms with Gasteiger partial charge in [-0.15, -0.1) is 0 Å². The highest BCUT2D eigenvalue weighted by molar-refractivity contribution is 7.89. The summed E-state index contributed by atoms with van der Waals surface area (Å²) in [5, 5.41) is 3.35. The molecule has 0 aliphatic heterocycles. The molecular formula is C13H19ClN2O3S. The summed E-state index contributed by atoms with van der Waals surface area (Å²) >= 11 is 6.03. The number of sulfonamides is 1. The lowest BCUT2D eigenvalue weighted by molar-refractivity contribution is 0.396. The number of rotatable bonds is 6. The Kier molecular flexibility index (Phi) is 4.59. The number of methoxy groups -OCH3 is 1. The van der Waals surface area contributed by atoms with E-state index in [1.807, 2.05) is 6.92 Å². The van der Waals surface area contributed by atoms with E-state index in [-0.39, 0.29) is 10.9 Å². The van der Waals surface area contributed by atoms with Crippen LogP contribution in [0.15, 0.2) is 17.0 Å². The number of nitrogens with one attached hydrogen (secondary N) is 2. The van der Waals surface area contributed by atoms with E-state index in [1.165, 1.54) is 13.2 Å². The Balaban J connectivity index is 2.43. The standard InChI is InChI=1S/C13H19ClN2O3S/c1-8-4-11(8)16-20(17,18)12-6-10(14)5-9(7-15-2)13(12)19-3/h5-6,8,11,15-16H,4,7H2,1-3H3. The van der Waals surface area contributed by atoms with Gasteiger partial charge in [-0.2, -0.15) is 0 Å². The minimum atomic E-state index is -3.62. The first-order valence-corrected chi connectivity index (χ1v) is 8.28. The van der Waals surface area contributed by atoms with Crippen LogP contribution in [0.2, 0.25) is 5.02 Å². The van der Waals surface area contributed by atoms with Crippen LogP contribution >= 0.6 is 11.6 Å². The topological polar surface area (TPSA) is 67.4 Å². The van der Waals surface area contributed by atoms with Crippen LogP contribution in [0.4, 0.5) is 0 Å². The Hall–Kier alpha value is -0.820. The average Bonchev–Trinajstić information content (AvgIpc) is 3.03. The molecule has 0 heterocycles. The van der Waals surface area contributed by atoms with Crippen molar-refractivity contribution in [3.05, 3.63) is 22.7 Å². The lowest BCUT2D eigenvalue weighted by Gasteiger charge is -2.15. The van der Waals surface area contributed by atoms with Gasteiger partial charge in [-0.1, -0.05) is 18.5 Å². The van der Waals surface area contributed by atoms with Gasteiger partial charge in [0.25, 0.3) is 0 Å². The van der Waals surface area contributed by atoms with Crippen molar-refractivity contribution in [3.8, 4) is 5.75 Å².